The molecule has 0 saturated carbocycles. The topological polar surface area (TPSA) is 82.2 Å². The zero-order valence-electron chi connectivity index (χ0n) is 12.6. The van der Waals surface area contributed by atoms with Crippen molar-refractivity contribution in [2.24, 2.45) is 0 Å². The number of carbonyl (C=O) groups is 2. The highest BCUT2D eigenvalue weighted by molar-refractivity contribution is 6.36. The normalized spacial score (nSPS) is 14.2. The van der Waals surface area contributed by atoms with Crippen LogP contribution in [0, 0.1) is 6.92 Å². The Morgan fingerprint density at radius 2 is 2.09 bits per heavy atom. The third-order valence-electron chi connectivity index (χ3n) is 3.66. The molecule has 0 spiro atoms. The summed E-state index contributed by atoms with van der Waals surface area (Å²) in [6, 6.07) is 5.33. The zero-order chi connectivity index (χ0) is 17.0. The van der Waals surface area contributed by atoms with Gasteiger partial charge in [0.05, 0.1) is 5.57 Å². The van der Waals surface area contributed by atoms with Crippen molar-refractivity contribution in [3.8, 4) is 0 Å². The molecule has 1 amide bonds. The number of fused-ring (bicyclic) bond motifs is 1. The third kappa shape index (κ3) is 3.36. The lowest BCUT2D eigenvalue weighted by atomic mass is 10.0. The summed E-state index contributed by atoms with van der Waals surface area (Å²) in [6.07, 6.45) is 4.25. The molecule has 0 aliphatic carbocycles. The molecule has 0 fully saturated rings. The predicted molar refractivity (Wildman–Crippen MR) is 91.4 cm³/mol. The van der Waals surface area contributed by atoms with Gasteiger partial charge in [-0.2, -0.15) is 0 Å². The van der Waals surface area contributed by atoms with E-state index in [1.54, 1.807) is 18.2 Å². The second-order valence-electron chi connectivity index (χ2n) is 5.04. The molecule has 1 aromatic heterocycles. The van der Waals surface area contributed by atoms with Crippen LogP contribution >= 0.6 is 11.6 Å². The molecule has 6 heteroatoms. The van der Waals surface area contributed by atoms with Crippen molar-refractivity contribution < 1.29 is 14.7 Å². The van der Waals surface area contributed by atoms with E-state index in [2.05, 4.69) is 10.3 Å². The fourth-order valence-electron chi connectivity index (χ4n) is 2.59. The average molecular weight is 333 g/mol. The van der Waals surface area contributed by atoms with E-state index in [4.69, 9.17) is 21.5 Å². The minimum atomic E-state index is -0.144. The number of anilines is 1. The van der Waals surface area contributed by atoms with Gasteiger partial charge in [0.25, 0.3) is 5.91 Å². The van der Waals surface area contributed by atoms with E-state index >= 15 is 0 Å². The molecule has 0 saturated heterocycles. The number of nitrogens with one attached hydrogen (secondary N) is 2. The van der Waals surface area contributed by atoms with Crippen LogP contribution in [0.1, 0.15) is 22.4 Å². The number of benzene rings is 1. The number of carbonyl (C=O) groups excluding carboxylic acids is 2. The molecule has 120 valence electrons. The number of rotatable bonds is 3. The molecule has 1 aliphatic heterocycles. The quantitative estimate of drug-likeness (QED) is 0.756. The van der Waals surface area contributed by atoms with Crippen molar-refractivity contribution in [1.82, 2.24) is 4.98 Å². The molecule has 5 nitrogen and oxygen atoms in total. The Kier molecular flexibility index (Phi) is 5.36. The highest BCUT2D eigenvalue weighted by Gasteiger charge is 2.24. The van der Waals surface area contributed by atoms with Crippen molar-refractivity contribution in [3.05, 3.63) is 51.8 Å². The number of amides is 1. The zero-order valence-corrected chi connectivity index (χ0v) is 13.4. The first-order chi connectivity index (χ1) is 11.1. The summed E-state index contributed by atoms with van der Waals surface area (Å²) >= 11 is 6.02. The number of hydrogen-bond donors (Lipinski definition) is 3. The average Bonchev–Trinajstić information content (AvgIpc) is 3.04. The number of halogens is 1. The maximum Gasteiger partial charge on any atom is 0.256 e. The van der Waals surface area contributed by atoms with Crippen LogP contribution < -0.4 is 5.32 Å². The Bertz CT molecular complexity index is 765. The maximum atomic E-state index is 12.1. The number of hydrogen-bond acceptors (Lipinski definition) is 3. The van der Waals surface area contributed by atoms with Crippen LogP contribution in [0.15, 0.2) is 24.4 Å². The summed E-state index contributed by atoms with van der Waals surface area (Å²) in [7, 11) is 0. The largest absolute Gasteiger partial charge is 0.396 e. The first-order valence-electron chi connectivity index (χ1n) is 6.99. The Balaban J connectivity index is 0.000000924. The van der Waals surface area contributed by atoms with Gasteiger partial charge in [0.2, 0.25) is 0 Å². The first kappa shape index (κ1) is 17.0. The lowest BCUT2D eigenvalue weighted by molar-refractivity contribution is -0.110. The van der Waals surface area contributed by atoms with Gasteiger partial charge in [-0.25, -0.2) is 0 Å². The highest BCUT2D eigenvalue weighted by atomic mass is 35.5. The van der Waals surface area contributed by atoms with Crippen molar-refractivity contribution in [2.75, 3.05) is 11.9 Å². The number of aliphatic hydroxyl groups excluding tert-OH is 1. The maximum absolute atomic E-state index is 12.1. The van der Waals surface area contributed by atoms with Crippen molar-refractivity contribution >= 4 is 41.6 Å². The molecule has 0 unspecified atom stereocenters. The minimum Gasteiger partial charge on any atom is -0.396 e. The molecule has 1 aromatic carbocycles. The molecule has 2 heterocycles. The number of H-pyrrole nitrogens is 1. The van der Waals surface area contributed by atoms with Crippen LogP contribution in [-0.4, -0.2) is 29.4 Å². The standard InChI is InChI=1S/C16H15ClN2O2.CH2O/c1-9-8-18-15(11(9)4-5-20)7-13-12-6-10(17)2-3-14(12)19-16(13)21;1-2/h2-3,6-8,18,20H,4-5H2,1H3,(H,19,21);1H2/b13-7-;. The number of aromatic amines is 1. The lowest BCUT2D eigenvalue weighted by Crippen LogP contribution is -2.04. The van der Waals surface area contributed by atoms with Gasteiger partial charge in [0, 0.05) is 34.8 Å². The van der Waals surface area contributed by atoms with Crippen molar-refractivity contribution in [3.63, 3.8) is 0 Å². The number of aromatic nitrogens is 1. The Labute approximate surface area is 139 Å². The van der Waals surface area contributed by atoms with Crippen LogP contribution in [0.5, 0.6) is 0 Å². The van der Waals surface area contributed by atoms with E-state index in [0.717, 1.165) is 28.1 Å². The lowest BCUT2D eigenvalue weighted by Gasteiger charge is -2.02. The fourth-order valence-corrected chi connectivity index (χ4v) is 2.77. The van der Waals surface area contributed by atoms with E-state index in [9.17, 15) is 4.79 Å². The van der Waals surface area contributed by atoms with E-state index < -0.39 is 0 Å². The number of aryl methyl sites for hydroxylation is 1. The molecular formula is C17H17ClN2O3. The minimum absolute atomic E-state index is 0.0729. The number of aliphatic hydroxyl groups is 1. The molecule has 3 rings (SSSR count). The van der Waals surface area contributed by atoms with Gasteiger partial charge in [0.15, 0.2) is 0 Å². The summed E-state index contributed by atoms with van der Waals surface area (Å²) in [5, 5.41) is 12.6. The van der Waals surface area contributed by atoms with Gasteiger partial charge in [-0.05, 0) is 48.7 Å². The van der Waals surface area contributed by atoms with E-state index in [1.165, 1.54) is 0 Å². The van der Waals surface area contributed by atoms with E-state index in [-0.39, 0.29) is 12.5 Å². The molecule has 2 aromatic rings. The van der Waals surface area contributed by atoms with Crippen molar-refractivity contribution in [2.45, 2.75) is 13.3 Å². The smallest absolute Gasteiger partial charge is 0.256 e. The first-order valence-corrected chi connectivity index (χ1v) is 7.37. The third-order valence-corrected chi connectivity index (χ3v) is 3.90. The molecule has 0 atom stereocenters. The van der Waals surface area contributed by atoms with Gasteiger partial charge >= 0.3 is 0 Å². The van der Waals surface area contributed by atoms with Crippen LogP contribution in [0.2, 0.25) is 5.02 Å². The molecule has 0 radical (unpaired) electrons. The summed E-state index contributed by atoms with van der Waals surface area (Å²) < 4.78 is 0. The Morgan fingerprint density at radius 1 is 1.35 bits per heavy atom. The van der Waals surface area contributed by atoms with E-state index in [0.29, 0.717) is 17.0 Å². The Hall–Kier alpha value is -2.37. The highest BCUT2D eigenvalue weighted by Crippen LogP contribution is 2.35. The molecule has 23 heavy (non-hydrogen) atoms. The van der Waals surface area contributed by atoms with Crippen LogP contribution in [0.4, 0.5) is 5.69 Å². The summed E-state index contributed by atoms with van der Waals surface area (Å²) in [4.78, 5) is 23.3. The molecule has 0 bridgehead atoms. The van der Waals surface area contributed by atoms with Gasteiger partial charge < -0.3 is 20.2 Å². The van der Waals surface area contributed by atoms with E-state index in [1.807, 2.05) is 26.0 Å². The summed E-state index contributed by atoms with van der Waals surface area (Å²) in [5.41, 5.74) is 5.08. The second-order valence-corrected chi connectivity index (χ2v) is 5.48. The van der Waals surface area contributed by atoms with Gasteiger partial charge in [-0.3, -0.25) is 4.79 Å². The molecule has 1 aliphatic rings. The van der Waals surface area contributed by atoms with Gasteiger partial charge in [-0.15, -0.1) is 0 Å². The SMILES string of the molecule is C=O.Cc1c[nH]c(/C=C2\C(=O)Nc3ccc(Cl)cc32)c1CCO. The second kappa shape index (κ2) is 7.26. The Morgan fingerprint density at radius 3 is 2.78 bits per heavy atom. The van der Waals surface area contributed by atoms with Gasteiger partial charge in [-0.1, -0.05) is 11.6 Å². The van der Waals surface area contributed by atoms with Gasteiger partial charge in [0.1, 0.15) is 6.79 Å². The summed E-state index contributed by atoms with van der Waals surface area (Å²) in [5.74, 6) is -0.144. The molecular weight excluding hydrogens is 316 g/mol. The monoisotopic (exact) mass is 332 g/mol. The fraction of sp³-hybridized carbons (Fsp3) is 0.176. The molecule has 3 N–H and O–H groups in total. The van der Waals surface area contributed by atoms with Crippen LogP contribution in [-0.2, 0) is 16.0 Å². The predicted octanol–water partition coefficient (Wildman–Crippen LogP) is 2.82. The summed E-state index contributed by atoms with van der Waals surface area (Å²) in [6.45, 7) is 4.05. The van der Waals surface area contributed by atoms with Crippen molar-refractivity contribution in [1.29, 1.82) is 0 Å². The van der Waals surface area contributed by atoms with Crippen LogP contribution in [0.3, 0.4) is 0 Å². The van der Waals surface area contributed by atoms with Crippen LogP contribution in [0.25, 0.3) is 11.6 Å².